The summed E-state index contributed by atoms with van der Waals surface area (Å²) in [4.78, 5) is 12.1. The van der Waals surface area contributed by atoms with Gasteiger partial charge >= 0.3 is 0 Å². The topological polar surface area (TPSA) is 41.5 Å². The van der Waals surface area contributed by atoms with E-state index in [1.54, 1.807) is 18.2 Å². The standard InChI is InChI=1S/C19H14BrFN2O/c20-17-10-9-13(15-6-2-3-7-16(15)17)11-19(24)23-22-12-14-5-1-4-8-18(14)21/h1-10,12H,11H2,(H,23,24). The molecule has 0 aromatic heterocycles. The van der Waals surface area contributed by atoms with Crippen LogP contribution in [0.25, 0.3) is 10.8 Å². The Balaban J connectivity index is 1.72. The first-order valence-corrected chi connectivity index (χ1v) is 8.17. The summed E-state index contributed by atoms with van der Waals surface area (Å²) in [6, 6.07) is 17.9. The van der Waals surface area contributed by atoms with Gasteiger partial charge in [0.1, 0.15) is 5.82 Å². The zero-order chi connectivity index (χ0) is 16.9. The number of halogens is 2. The Morgan fingerprint density at radius 1 is 1.04 bits per heavy atom. The zero-order valence-corrected chi connectivity index (χ0v) is 14.3. The highest BCUT2D eigenvalue weighted by molar-refractivity contribution is 9.10. The largest absolute Gasteiger partial charge is 0.273 e. The molecule has 3 rings (SSSR count). The number of fused-ring (bicyclic) bond motifs is 1. The van der Waals surface area contributed by atoms with E-state index in [1.165, 1.54) is 12.3 Å². The van der Waals surface area contributed by atoms with Crippen LogP contribution in [0.5, 0.6) is 0 Å². The van der Waals surface area contributed by atoms with Crippen LogP contribution in [0.4, 0.5) is 4.39 Å². The van der Waals surface area contributed by atoms with E-state index >= 15 is 0 Å². The van der Waals surface area contributed by atoms with Gasteiger partial charge in [0.2, 0.25) is 5.91 Å². The van der Waals surface area contributed by atoms with Crippen LogP contribution in [0.15, 0.2) is 70.2 Å². The fourth-order valence-electron chi connectivity index (χ4n) is 2.44. The van der Waals surface area contributed by atoms with Crippen molar-refractivity contribution in [2.75, 3.05) is 0 Å². The smallest absolute Gasteiger partial charge is 0.244 e. The molecule has 0 aliphatic heterocycles. The second-order valence-corrected chi connectivity index (χ2v) is 6.10. The molecular weight excluding hydrogens is 371 g/mol. The van der Waals surface area contributed by atoms with Crippen LogP contribution in [0.1, 0.15) is 11.1 Å². The first-order chi connectivity index (χ1) is 11.6. The Labute approximate surface area is 147 Å². The average molecular weight is 385 g/mol. The Morgan fingerprint density at radius 2 is 1.75 bits per heavy atom. The van der Waals surface area contributed by atoms with Gasteiger partial charge in [-0.1, -0.05) is 64.5 Å². The van der Waals surface area contributed by atoms with Crippen LogP contribution in [0, 0.1) is 5.82 Å². The van der Waals surface area contributed by atoms with Gasteiger partial charge in [0.05, 0.1) is 12.6 Å². The maximum absolute atomic E-state index is 13.5. The van der Waals surface area contributed by atoms with Gasteiger partial charge in [-0.2, -0.15) is 5.10 Å². The normalized spacial score (nSPS) is 11.1. The molecule has 0 aliphatic carbocycles. The van der Waals surface area contributed by atoms with E-state index in [2.05, 4.69) is 26.5 Å². The third kappa shape index (κ3) is 3.68. The highest BCUT2D eigenvalue weighted by Gasteiger charge is 2.08. The number of rotatable bonds is 4. The van der Waals surface area contributed by atoms with Gasteiger partial charge in [-0.25, -0.2) is 9.82 Å². The molecule has 0 saturated carbocycles. The molecular formula is C19H14BrFN2O. The van der Waals surface area contributed by atoms with Crippen molar-refractivity contribution in [2.45, 2.75) is 6.42 Å². The molecule has 3 aromatic rings. The molecule has 0 heterocycles. The summed E-state index contributed by atoms with van der Waals surface area (Å²) in [6.07, 6.45) is 1.50. The minimum Gasteiger partial charge on any atom is -0.273 e. The van der Waals surface area contributed by atoms with Crippen molar-refractivity contribution in [2.24, 2.45) is 5.10 Å². The third-order valence-electron chi connectivity index (χ3n) is 3.61. The molecule has 0 unspecified atom stereocenters. The van der Waals surface area contributed by atoms with Gasteiger partial charge in [0, 0.05) is 10.0 Å². The van der Waals surface area contributed by atoms with Crippen molar-refractivity contribution in [1.29, 1.82) is 0 Å². The molecule has 0 bridgehead atoms. The number of carbonyl (C=O) groups excluding carboxylic acids is 1. The molecule has 0 spiro atoms. The van der Waals surface area contributed by atoms with E-state index < -0.39 is 0 Å². The summed E-state index contributed by atoms with van der Waals surface area (Å²) in [5.74, 6) is -0.635. The minimum absolute atomic E-state index is 0.197. The number of nitrogens with zero attached hydrogens (tertiary/aromatic N) is 1. The van der Waals surface area contributed by atoms with Crippen molar-refractivity contribution in [1.82, 2.24) is 5.43 Å². The second-order valence-electron chi connectivity index (χ2n) is 5.24. The summed E-state index contributed by atoms with van der Waals surface area (Å²) in [5, 5.41) is 5.89. The highest BCUT2D eigenvalue weighted by atomic mass is 79.9. The molecule has 1 N–H and O–H groups in total. The molecule has 5 heteroatoms. The number of hydrogen-bond donors (Lipinski definition) is 1. The van der Waals surface area contributed by atoms with Gasteiger partial charge < -0.3 is 0 Å². The van der Waals surface area contributed by atoms with E-state index in [-0.39, 0.29) is 18.1 Å². The second kappa shape index (κ2) is 7.36. The van der Waals surface area contributed by atoms with E-state index in [4.69, 9.17) is 0 Å². The minimum atomic E-state index is -0.380. The molecule has 0 aliphatic rings. The van der Waals surface area contributed by atoms with Gasteiger partial charge in [-0.05, 0) is 28.5 Å². The summed E-state index contributed by atoms with van der Waals surface area (Å²) in [6.45, 7) is 0. The van der Waals surface area contributed by atoms with Crippen LogP contribution < -0.4 is 5.43 Å². The van der Waals surface area contributed by atoms with E-state index in [0.29, 0.717) is 5.56 Å². The Hall–Kier alpha value is -2.53. The molecule has 1 amide bonds. The predicted octanol–water partition coefficient (Wildman–Crippen LogP) is 4.43. The van der Waals surface area contributed by atoms with E-state index in [1.807, 2.05) is 36.4 Å². The van der Waals surface area contributed by atoms with Crippen LogP contribution in [-0.4, -0.2) is 12.1 Å². The zero-order valence-electron chi connectivity index (χ0n) is 12.7. The molecule has 0 radical (unpaired) electrons. The SMILES string of the molecule is O=C(Cc1ccc(Br)c2ccccc12)NN=Cc1ccccc1F. The van der Waals surface area contributed by atoms with Crippen molar-refractivity contribution >= 4 is 38.8 Å². The molecule has 0 saturated heterocycles. The number of amides is 1. The van der Waals surface area contributed by atoms with Crippen LogP contribution in [0.3, 0.4) is 0 Å². The number of nitrogens with one attached hydrogen (secondary N) is 1. The van der Waals surface area contributed by atoms with Gasteiger partial charge in [-0.3, -0.25) is 4.79 Å². The molecule has 120 valence electrons. The third-order valence-corrected chi connectivity index (χ3v) is 4.30. The summed E-state index contributed by atoms with van der Waals surface area (Å²) >= 11 is 3.51. The fraction of sp³-hybridized carbons (Fsp3) is 0.0526. The average Bonchev–Trinajstić information content (AvgIpc) is 2.59. The van der Waals surface area contributed by atoms with E-state index in [0.717, 1.165) is 20.8 Å². The molecule has 0 fully saturated rings. The first kappa shape index (κ1) is 16.3. The molecule has 0 atom stereocenters. The lowest BCUT2D eigenvalue weighted by Crippen LogP contribution is -2.20. The fourth-order valence-corrected chi connectivity index (χ4v) is 2.92. The maximum Gasteiger partial charge on any atom is 0.244 e. The Kier molecular flexibility index (Phi) is 5.01. The Bertz CT molecular complexity index is 924. The molecule has 3 aromatic carbocycles. The van der Waals surface area contributed by atoms with Crippen molar-refractivity contribution in [3.05, 3.63) is 82.1 Å². The summed E-state index contributed by atoms with van der Waals surface area (Å²) in [7, 11) is 0. The van der Waals surface area contributed by atoms with Crippen LogP contribution >= 0.6 is 15.9 Å². The van der Waals surface area contributed by atoms with Crippen molar-refractivity contribution in [3.63, 3.8) is 0 Å². The maximum atomic E-state index is 13.5. The lowest BCUT2D eigenvalue weighted by atomic mass is 10.0. The summed E-state index contributed by atoms with van der Waals surface area (Å²) < 4.78 is 14.5. The first-order valence-electron chi connectivity index (χ1n) is 7.38. The molecule has 3 nitrogen and oxygen atoms in total. The van der Waals surface area contributed by atoms with Gasteiger partial charge in [0.25, 0.3) is 0 Å². The quantitative estimate of drug-likeness (QED) is 0.524. The van der Waals surface area contributed by atoms with Crippen LogP contribution in [-0.2, 0) is 11.2 Å². The predicted molar refractivity (Wildman–Crippen MR) is 97.5 cm³/mol. The van der Waals surface area contributed by atoms with Gasteiger partial charge in [0.15, 0.2) is 0 Å². The molecule has 24 heavy (non-hydrogen) atoms. The van der Waals surface area contributed by atoms with Crippen molar-refractivity contribution in [3.8, 4) is 0 Å². The number of hydrogen-bond acceptors (Lipinski definition) is 2. The Morgan fingerprint density at radius 3 is 2.54 bits per heavy atom. The number of carbonyl (C=O) groups is 1. The van der Waals surface area contributed by atoms with E-state index in [9.17, 15) is 9.18 Å². The monoisotopic (exact) mass is 384 g/mol. The summed E-state index contributed by atoms with van der Waals surface area (Å²) in [5.41, 5.74) is 3.67. The number of benzene rings is 3. The van der Waals surface area contributed by atoms with Crippen molar-refractivity contribution < 1.29 is 9.18 Å². The highest BCUT2D eigenvalue weighted by Crippen LogP contribution is 2.27. The van der Waals surface area contributed by atoms with Crippen LogP contribution in [0.2, 0.25) is 0 Å². The lowest BCUT2D eigenvalue weighted by molar-refractivity contribution is -0.120. The number of hydrazone groups is 1. The lowest BCUT2D eigenvalue weighted by Gasteiger charge is -2.07. The van der Waals surface area contributed by atoms with Gasteiger partial charge in [-0.15, -0.1) is 0 Å².